The molecule has 0 bridgehead atoms. The maximum atomic E-state index is 13.3. The molecule has 1 rings (SSSR count). The number of rotatable bonds is 2. The number of hydrogen-bond acceptors (Lipinski definition) is 3. The molecule has 0 aliphatic carbocycles. The fourth-order valence-corrected chi connectivity index (χ4v) is 0.939. The topological polar surface area (TPSA) is 71.1 Å². The number of hydrazine groups is 1. The summed E-state index contributed by atoms with van der Waals surface area (Å²) in [5.74, 6) is 4.30. The van der Waals surface area contributed by atoms with Gasteiger partial charge in [-0.3, -0.25) is 5.41 Å². The minimum Gasteiger partial charge on any atom is -0.494 e. The van der Waals surface area contributed by atoms with Gasteiger partial charge in [0.25, 0.3) is 0 Å². The zero-order chi connectivity index (χ0) is 9.84. The number of methoxy groups -OCH3 is 1. The van der Waals surface area contributed by atoms with Crippen LogP contribution < -0.4 is 16.0 Å². The zero-order valence-corrected chi connectivity index (χ0v) is 7.10. The fourth-order valence-electron chi connectivity index (χ4n) is 0.939. The van der Waals surface area contributed by atoms with Crippen molar-refractivity contribution >= 4 is 5.84 Å². The molecule has 0 spiro atoms. The number of halogens is 1. The summed E-state index contributed by atoms with van der Waals surface area (Å²) >= 11 is 0. The molecule has 0 unspecified atom stereocenters. The summed E-state index contributed by atoms with van der Waals surface area (Å²) in [6.45, 7) is 0. The first-order chi connectivity index (χ1) is 6.20. The van der Waals surface area contributed by atoms with Gasteiger partial charge in [0.15, 0.2) is 11.6 Å². The lowest BCUT2D eigenvalue weighted by Crippen LogP contribution is -2.30. The van der Waals surface area contributed by atoms with Gasteiger partial charge >= 0.3 is 0 Å². The standard InChI is InChI=1S/C8H10FN3O/c1-13-6-4-2-3-5(7(6)9)8(10)12-11/h2-4H,11H2,1H3,(H2,10,12). The van der Waals surface area contributed by atoms with Crippen LogP contribution in [0, 0.1) is 11.2 Å². The van der Waals surface area contributed by atoms with Crippen LogP contribution in [-0.2, 0) is 0 Å². The van der Waals surface area contributed by atoms with Crippen LogP contribution in [0.25, 0.3) is 0 Å². The van der Waals surface area contributed by atoms with Gasteiger partial charge in [0.2, 0.25) is 0 Å². The Morgan fingerprint density at radius 1 is 1.62 bits per heavy atom. The Kier molecular flexibility index (Phi) is 2.81. The molecule has 4 nitrogen and oxygen atoms in total. The van der Waals surface area contributed by atoms with Crippen LogP contribution in [0.2, 0.25) is 0 Å². The first kappa shape index (κ1) is 9.47. The van der Waals surface area contributed by atoms with E-state index in [-0.39, 0.29) is 17.1 Å². The van der Waals surface area contributed by atoms with Crippen LogP contribution >= 0.6 is 0 Å². The lowest BCUT2D eigenvalue weighted by atomic mass is 10.2. The summed E-state index contributed by atoms with van der Waals surface area (Å²) < 4.78 is 18.1. The molecule has 0 aliphatic rings. The van der Waals surface area contributed by atoms with Gasteiger partial charge in [-0.25, -0.2) is 10.2 Å². The van der Waals surface area contributed by atoms with Crippen molar-refractivity contribution in [2.75, 3.05) is 7.11 Å². The molecule has 5 heteroatoms. The van der Waals surface area contributed by atoms with Crippen molar-refractivity contribution in [1.29, 1.82) is 5.41 Å². The number of ether oxygens (including phenoxy) is 1. The van der Waals surface area contributed by atoms with E-state index in [2.05, 4.69) is 5.43 Å². The molecule has 0 atom stereocenters. The van der Waals surface area contributed by atoms with Gasteiger partial charge in [0.05, 0.1) is 12.7 Å². The van der Waals surface area contributed by atoms with Crippen LogP contribution in [0.3, 0.4) is 0 Å². The molecule has 0 fully saturated rings. The molecule has 1 aromatic rings. The monoisotopic (exact) mass is 183 g/mol. The van der Waals surface area contributed by atoms with E-state index in [1.165, 1.54) is 19.2 Å². The predicted octanol–water partition coefficient (Wildman–Crippen LogP) is 0.623. The normalized spacial score (nSPS) is 9.46. The quantitative estimate of drug-likeness (QED) is 0.272. The van der Waals surface area contributed by atoms with Crippen molar-refractivity contribution in [2.45, 2.75) is 0 Å². The Hall–Kier alpha value is -1.62. The van der Waals surface area contributed by atoms with Gasteiger partial charge in [-0.15, -0.1) is 0 Å². The minimum atomic E-state index is -0.590. The Labute approximate surface area is 75.0 Å². The third-order valence-corrected chi connectivity index (χ3v) is 1.60. The summed E-state index contributed by atoms with van der Waals surface area (Å²) in [6, 6.07) is 4.51. The molecule has 0 aliphatic heterocycles. The van der Waals surface area contributed by atoms with Crippen LogP contribution in [0.15, 0.2) is 18.2 Å². The zero-order valence-electron chi connectivity index (χ0n) is 7.10. The molecule has 0 amide bonds. The number of nitrogens with two attached hydrogens (primary N) is 1. The summed E-state index contributed by atoms with van der Waals surface area (Å²) in [4.78, 5) is 0. The molecule has 0 saturated carbocycles. The molecule has 0 radical (unpaired) electrons. The van der Waals surface area contributed by atoms with E-state index in [1.54, 1.807) is 6.07 Å². The van der Waals surface area contributed by atoms with Gasteiger partial charge in [0.1, 0.15) is 5.84 Å². The lowest BCUT2D eigenvalue weighted by molar-refractivity contribution is 0.386. The number of benzene rings is 1. The second-order valence-electron chi connectivity index (χ2n) is 2.34. The molecule has 1 aromatic carbocycles. The van der Waals surface area contributed by atoms with Crippen molar-refractivity contribution < 1.29 is 9.13 Å². The summed E-state index contributed by atoms with van der Waals surface area (Å²) in [5.41, 5.74) is 2.15. The van der Waals surface area contributed by atoms with E-state index in [0.29, 0.717) is 0 Å². The van der Waals surface area contributed by atoms with Crippen LogP contribution in [0.5, 0.6) is 5.75 Å². The minimum absolute atomic E-state index is 0.0850. The average Bonchev–Trinajstić information content (AvgIpc) is 2.17. The first-order valence-electron chi connectivity index (χ1n) is 3.58. The third kappa shape index (κ3) is 1.75. The second kappa shape index (κ2) is 3.86. The molecule has 0 aromatic heterocycles. The van der Waals surface area contributed by atoms with E-state index < -0.39 is 5.82 Å². The molecular weight excluding hydrogens is 173 g/mol. The average molecular weight is 183 g/mol. The van der Waals surface area contributed by atoms with Gasteiger partial charge < -0.3 is 10.2 Å². The number of hydrogen-bond donors (Lipinski definition) is 3. The number of nitrogens with one attached hydrogen (secondary N) is 2. The van der Waals surface area contributed by atoms with E-state index in [4.69, 9.17) is 16.0 Å². The SMILES string of the molecule is COc1cccc(C(=N)NN)c1F. The fraction of sp³-hybridized carbons (Fsp3) is 0.125. The van der Waals surface area contributed by atoms with Crippen molar-refractivity contribution in [3.05, 3.63) is 29.6 Å². The van der Waals surface area contributed by atoms with Gasteiger partial charge in [0, 0.05) is 0 Å². The summed E-state index contributed by atoms with van der Waals surface area (Å²) in [6.07, 6.45) is 0. The molecule has 0 heterocycles. The van der Waals surface area contributed by atoms with Crippen molar-refractivity contribution in [1.82, 2.24) is 5.43 Å². The number of amidine groups is 1. The maximum Gasteiger partial charge on any atom is 0.175 e. The Bertz CT molecular complexity index is 327. The van der Waals surface area contributed by atoms with E-state index in [1.807, 2.05) is 0 Å². The molecular formula is C8H10FN3O. The Balaban J connectivity index is 3.15. The van der Waals surface area contributed by atoms with Crippen molar-refractivity contribution in [3.8, 4) is 5.75 Å². The highest BCUT2D eigenvalue weighted by molar-refractivity contribution is 5.96. The molecule has 70 valence electrons. The second-order valence-corrected chi connectivity index (χ2v) is 2.34. The molecule has 13 heavy (non-hydrogen) atoms. The maximum absolute atomic E-state index is 13.3. The van der Waals surface area contributed by atoms with Gasteiger partial charge in [-0.05, 0) is 12.1 Å². The van der Waals surface area contributed by atoms with Crippen LogP contribution in [0.1, 0.15) is 5.56 Å². The predicted molar refractivity (Wildman–Crippen MR) is 47.1 cm³/mol. The van der Waals surface area contributed by atoms with Crippen molar-refractivity contribution in [2.24, 2.45) is 5.84 Å². The molecule has 4 N–H and O–H groups in total. The third-order valence-electron chi connectivity index (χ3n) is 1.60. The van der Waals surface area contributed by atoms with Gasteiger partial charge in [-0.1, -0.05) is 6.07 Å². The largest absolute Gasteiger partial charge is 0.494 e. The first-order valence-corrected chi connectivity index (χ1v) is 3.58. The highest BCUT2D eigenvalue weighted by Crippen LogP contribution is 2.19. The summed E-state index contributed by atoms with van der Waals surface area (Å²) in [5, 5.41) is 7.26. The molecule has 0 saturated heterocycles. The van der Waals surface area contributed by atoms with E-state index in [9.17, 15) is 4.39 Å². The van der Waals surface area contributed by atoms with Crippen LogP contribution in [-0.4, -0.2) is 12.9 Å². The Morgan fingerprint density at radius 2 is 2.31 bits per heavy atom. The highest BCUT2D eigenvalue weighted by Gasteiger charge is 2.10. The smallest absolute Gasteiger partial charge is 0.175 e. The highest BCUT2D eigenvalue weighted by atomic mass is 19.1. The van der Waals surface area contributed by atoms with Gasteiger partial charge in [-0.2, -0.15) is 0 Å². The van der Waals surface area contributed by atoms with Crippen LogP contribution in [0.4, 0.5) is 4.39 Å². The lowest BCUT2D eigenvalue weighted by Gasteiger charge is -2.07. The van der Waals surface area contributed by atoms with E-state index in [0.717, 1.165) is 0 Å². The Morgan fingerprint density at radius 3 is 2.85 bits per heavy atom. The van der Waals surface area contributed by atoms with E-state index >= 15 is 0 Å². The summed E-state index contributed by atoms with van der Waals surface area (Å²) in [7, 11) is 1.36. The van der Waals surface area contributed by atoms with Crippen molar-refractivity contribution in [3.63, 3.8) is 0 Å².